The minimum Gasteiger partial charge on any atom is -0.392 e. The number of aliphatic hydroxyl groups is 2. The van der Waals surface area contributed by atoms with Crippen molar-refractivity contribution < 1.29 is 15.0 Å². The second-order valence-corrected chi connectivity index (χ2v) is 3.90. The highest BCUT2D eigenvalue weighted by Crippen LogP contribution is 2.28. The Morgan fingerprint density at radius 3 is 2.43 bits per heavy atom. The molecule has 0 aromatic carbocycles. The van der Waals surface area contributed by atoms with Crippen molar-refractivity contribution in [1.82, 2.24) is 5.32 Å². The quantitative estimate of drug-likeness (QED) is 0.551. The zero-order valence-corrected chi connectivity index (χ0v) is 8.95. The summed E-state index contributed by atoms with van der Waals surface area (Å²) in [5.74, 6) is -0.248. The molecule has 0 rings (SSSR count). The highest BCUT2D eigenvalue weighted by molar-refractivity contribution is 5.76. The monoisotopic (exact) mass is 201 g/mol. The van der Waals surface area contributed by atoms with Gasteiger partial charge < -0.3 is 15.5 Å². The first-order valence-electron chi connectivity index (χ1n) is 4.55. The molecule has 0 bridgehead atoms. The van der Waals surface area contributed by atoms with E-state index in [4.69, 9.17) is 0 Å². The van der Waals surface area contributed by atoms with Crippen LogP contribution in [0.2, 0.25) is 0 Å². The molecule has 82 valence electrons. The largest absolute Gasteiger partial charge is 0.392 e. The summed E-state index contributed by atoms with van der Waals surface area (Å²) < 4.78 is 0. The summed E-state index contributed by atoms with van der Waals surface area (Å²) in [7, 11) is 1.51. The van der Waals surface area contributed by atoms with Gasteiger partial charge >= 0.3 is 0 Å². The molecule has 0 aliphatic rings. The number of carbonyl (C=O) groups is 1. The van der Waals surface area contributed by atoms with Crippen LogP contribution in [0.4, 0.5) is 0 Å². The minimum absolute atomic E-state index is 0.0194. The molecule has 0 aromatic rings. The zero-order valence-electron chi connectivity index (χ0n) is 8.95. The van der Waals surface area contributed by atoms with Gasteiger partial charge in [-0.1, -0.05) is 19.9 Å². The van der Waals surface area contributed by atoms with Crippen LogP contribution in [0, 0.1) is 5.41 Å². The molecule has 14 heavy (non-hydrogen) atoms. The molecule has 0 saturated carbocycles. The number of hydrogen-bond donors (Lipinski definition) is 3. The molecular formula is C10H19NO3. The van der Waals surface area contributed by atoms with Gasteiger partial charge in [-0.3, -0.25) is 4.79 Å². The smallest absolute Gasteiger partial charge is 0.222 e. The van der Waals surface area contributed by atoms with Gasteiger partial charge in [-0.2, -0.15) is 0 Å². The van der Waals surface area contributed by atoms with E-state index in [9.17, 15) is 15.0 Å². The number of hydrogen-bond acceptors (Lipinski definition) is 3. The second kappa shape index (κ2) is 5.12. The number of aliphatic hydroxyl groups excluding tert-OH is 2. The summed E-state index contributed by atoms with van der Waals surface area (Å²) in [5, 5.41) is 21.7. The summed E-state index contributed by atoms with van der Waals surface area (Å²) in [6.45, 7) is 6.82. The summed E-state index contributed by atoms with van der Waals surface area (Å²) >= 11 is 0. The molecule has 3 N–H and O–H groups in total. The van der Waals surface area contributed by atoms with Gasteiger partial charge in [0.25, 0.3) is 0 Å². The lowest BCUT2D eigenvalue weighted by Crippen LogP contribution is -2.41. The van der Waals surface area contributed by atoms with Crippen molar-refractivity contribution >= 4 is 5.91 Å². The standard InChI is InChI=1S/C10H19NO3/c1-5-7(12)10(2,3)8(13)6-9(14)11-4/h5,7-8,12-13H,1,6H2,2-4H3,(H,11,14)/t7-,8-/m0/s1. The summed E-state index contributed by atoms with van der Waals surface area (Å²) in [5.41, 5.74) is -0.770. The molecule has 0 heterocycles. The van der Waals surface area contributed by atoms with Gasteiger partial charge in [-0.05, 0) is 0 Å². The highest BCUT2D eigenvalue weighted by atomic mass is 16.3. The number of rotatable bonds is 5. The molecule has 0 fully saturated rings. The zero-order chi connectivity index (χ0) is 11.4. The molecule has 2 atom stereocenters. The van der Waals surface area contributed by atoms with Gasteiger partial charge in [0, 0.05) is 12.5 Å². The molecule has 4 nitrogen and oxygen atoms in total. The topological polar surface area (TPSA) is 69.6 Å². The van der Waals surface area contributed by atoms with Crippen LogP contribution in [0.3, 0.4) is 0 Å². The predicted octanol–water partition coefficient (Wildman–Crippen LogP) is 0.0565. The molecule has 0 aromatic heterocycles. The Labute approximate surface area is 84.6 Å². The van der Waals surface area contributed by atoms with Gasteiger partial charge in [0.1, 0.15) is 0 Å². The molecular weight excluding hydrogens is 182 g/mol. The Balaban J connectivity index is 4.41. The first kappa shape index (κ1) is 13.1. The Morgan fingerprint density at radius 1 is 1.57 bits per heavy atom. The van der Waals surface area contributed by atoms with Crippen molar-refractivity contribution in [3.8, 4) is 0 Å². The molecule has 0 radical (unpaired) electrons. The Morgan fingerprint density at radius 2 is 2.07 bits per heavy atom. The van der Waals surface area contributed by atoms with Crippen LogP contribution >= 0.6 is 0 Å². The SMILES string of the molecule is C=C[C@H](O)C(C)(C)[C@@H](O)CC(=O)NC. The summed E-state index contributed by atoms with van der Waals surface area (Å²) in [6.07, 6.45) is -0.390. The normalized spacial score (nSPS) is 15.8. The highest BCUT2D eigenvalue weighted by Gasteiger charge is 2.34. The maximum absolute atomic E-state index is 11.0. The average molecular weight is 201 g/mol. The minimum atomic E-state index is -0.893. The second-order valence-electron chi connectivity index (χ2n) is 3.90. The predicted molar refractivity (Wildman–Crippen MR) is 54.7 cm³/mol. The van der Waals surface area contributed by atoms with E-state index in [1.165, 1.54) is 13.1 Å². The van der Waals surface area contributed by atoms with Crippen LogP contribution < -0.4 is 5.32 Å². The molecule has 0 aliphatic carbocycles. The first-order chi connectivity index (χ1) is 6.36. The van der Waals surface area contributed by atoms with Crippen molar-refractivity contribution in [3.63, 3.8) is 0 Å². The van der Waals surface area contributed by atoms with E-state index in [1.54, 1.807) is 13.8 Å². The van der Waals surface area contributed by atoms with Crippen molar-refractivity contribution in [3.05, 3.63) is 12.7 Å². The van der Waals surface area contributed by atoms with Gasteiger partial charge in [-0.15, -0.1) is 6.58 Å². The molecule has 0 unspecified atom stereocenters. The van der Waals surface area contributed by atoms with E-state index < -0.39 is 17.6 Å². The Hall–Kier alpha value is -0.870. The molecule has 1 amide bonds. The van der Waals surface area contributed by atoms with Gasteiger partial charge in [0.05, 0.1) is 18.6 Å². The van der Waals surface area contributed by atoms with Crippen LogP contribution in [0.15, 0.2) is 12.7 Å². The third kappa shape index (κ3) is 3.12. The lowest BCUT2D eigenvalue weighted by Gasteiger charge is -2.33. The van der Waals surface area contributed by atoms with Gasteiger partial charge in [-0.25, -0.2) is 0 Å². The Kier molecular flexibility index (Phi) is 4.80. The van der Waals surface area contributed by atoms with E-state index in [0.717, 1.165) is 0 Å². The van der Waals surface area contributed by atoms with Gasteiger partial charge in [0.15, 0.2) is 0 Å². The van der Waals surface area contributed by atoms with E-state index in [1.807, 2.05) is 0 Å². The lowest BCUT2D eigenvalue weighted by atomic mass is 9.79. The van der Waals surface area contributed by atoms with Crippen LogP contribution in [-0.2, 0) is 4.79 Å². The van der Waals surface area contributed by atoms with Crippen LogP contribution in [0.5, 0.6) is 0 Å². The summed E-state index contributed by atoms with van der Waals surface area (Å²) in [4.78, 5) is 11.0. The van der Waals surface area contributed by atoms with Crippen molar-refractivity contribution in [1.29, 1.82) is 0 Å². The lowest BCUT2D eigenvalue weighted by molar-refractivity contribution is -0.125. The van der Waals surface area contributed by atoms with Crippen molar-refractivity contribution in [2.24, 2.45) is 5.41 Å². The Bertz CT molecular complexity index is 213. The van der Waals surface area contributed by atoms with E-state index in [2.05, 4.69) is 11.9 Å². The first-order valence-corrected chi connectivity index (χ1v) is 4.55. The number of carbonyl (C=O) groups excluding carboxylic acids is 1. The van der Waals surface area contributed by atoms with E-state index in [0.29, 0.717) is 0 Å². The third-order valence-electron chi connectivity index (χ3n) is 2.50. The van der Waals surface area contributed by atoms with Crippen LogP contribution in [0.25, 0.3) is 0 Å². The van der Waals surface area contributed by atoms with Crippen molar-refractivity contribution in [2.45, 2.75) is 32.5 Å². The van der Waals surface area contributed by atoms with E-state index in [-0.39, 0.29) is 12.3 Å². The third-order valence-corrected chi connectivity index (χ3v) is 2.50. The fourth-order valence-electron chi connectivity index (χ4n) is 1.04. The molecule has 0 saturated heterocycles. The van der Waals surface area contributed by atoms with Crippen LogP contribution in [-0.4, -0.2) is 35.4 Å². The van der Waals surface area contributed by atoms with Crippen LogP contribution in [0.1, 0.15) is 20.3 Å². The fourth-order valence-corrected chi connectivity index (χ4v) is 1.04. The molecule has 0 spiro atoms. The average Bonchev–Trinajstić information content (AvgIpc) is 2.15. The maximum Gasteiger partial charge on any atom is 0.222 e. The molecule has 4 heteroatoms. The van der Waals surface area contributed by atoms with Gasteiger partial charge in [0.2, 0.25) is 5.91 Å². The maximum atomic E-state index is 11.0. The van der Waals surface area contributed by atoms with Crippen molar-refractivity contribution in [2.75, 3.05) is 7.05 Å². The summed E-state index contributed by atoms with van der Waals surface area (Å²) in [6, 6.07) is 0. The van der Waals surface area contributed by atoms with E-state index >= 15 is 0 Å². The number of nitrogens with one attached hydrogen (secondary N) is 1. The fraction of sp³-hybridized carbons (Fsp3) is 0.700. The molecule has 0 aliphatic heterocycles. The number of amides is 1.